The summed E-state index contributed by atoms with van der Waals surface area (Å²) in [5.74, 6) is -0.651. The predicted octanol–water partition coefficient (Wildman–Crippen LogP) is 2.49. The maximum Gasteiger partial charge on any atom is 0.330 e. The molecule has 1 aromatic rings. The van der Waals surface area contributed by atoms with Gasteiger partial charge in [-0.1, -0.05) is 17.7 Å². The third kappa shape index (κ3) is 3.94. The summed E-state index contributed by atoms with van der Waals surface area (Å²) in [5.41, 5.74) is 1.68. The zero-order valence-corrected chi connectivity index (χ0v) is 8.79. The molecule has 3 heteroatoms. The molecular weight excluding hydrogens is 195 g/mol. The van der Waals surface area contributed by atoms with Crippen molar-refractivity contribution >= 4 is 5.97 Å². The normalized spacial score (nSPS) is 11.3. The lowest BCUT2D eigenvalue weighted by atomic mass is 10.1. The molecule has 0 aliphatic heterocycles. The quantitative estimate of drug-likeness (QED) is 0.563. The van der Waals surface area contributed by atoms with E-state index in [9.17, 15) is 9.18 Å². The molecule has 0 N–H and O–H groups in total. The first-order valence-corrected chi connectivity index (χ1v) is 4.61. The van der Waals surface area contributed by atoms with Crippen LogP contribution in [0.1, 0.15) is 12.5 Å². The van der Waals surface area contributed by atoms with Crippen LogP contribution in [0, 0.1) is 5.82 Å². The number of rotatable bonds is 3. The van der Waals surface area contributed by atoms with Crippen molar-refractivity contribution in [3.8, 4) is 0 Å². The topological polar surface area (TPSA) is 26.3 Å². The van der Waals surface area contributed by atoms with Gasteiger partial charge in [0.2, 0.25) is 0 Å². The number of carbonyl (C=O) groups excluding carboxylic acids is 1. The van der Waals surface area contributed by atoms with Gasteiger partial charge in [0.25, 0.3) is 0 Å². The number of allylic oxidation sites excluding steroid dienone is 1. The lowest BCUT2D eigenvalue weighted by Crippen LogP contribution is -1.97. The van der Waals surface area contributed by atoms with Crippen molar-refractivity contribution in [3.63, 3.8) is 0 Å². The van der Waals surface area contributed by atoms with Crippen LogP contribution in [0.2, 0.25) is 0 Å². The van der Waals surface area contributed by atoms with E-state index < -0.39 is 0 Å². The van der Waals surface area contributed by atoms with Crippen LogP contribution in [0.25, 0.3) is 0 Å². The van der Waals surface area contributed by atoms with Crippen LogP contribution in [0.4, 0.5) is 4.39 Å². The average molecular weight is 208 g/mol. The standard InChI is InChI=1S/C12H13FO2/c1-9(7-12(14)15-2)6-10-4-3-5-11(13)8-10/h3-5,7-8H,6H2,1-2H3/b9-7-. The van der Waals surface area contributed by atoms with Crippen molar-refractivity contribution in [3.05, 3.63) is 47.3 Å². The van der Waals surface area contributed by atoms with Gasteiger partial charge in [0.05, 0.1) is 7.11 Å². The van der Waals surface area contributed by atoms with Gasteiger partial charge in [0.1, 0.15) is 5.82 Å². The largest absolute Gasteiger partial charge is 0.466 e. The minimum Gasteiger partial charge on any atom is -0.466 e. The minimum atomic E-state index is -0.385. The highest BCUT2D eigenvalue weighted by atomic mass is 19.1. The summed E-state index contributed by atoms with van der Waals surface area (Å²) < 4.78 is 17.3. The summed E-state index contributed by atoms with van der Waals surface area (Å²) >= 11 is 0. The van der Waals surface area contributed by atoms with Gasteiger partial charge in [-0.2, -0.15) is 0 Å². The van der Waals surface area contributed by atoms with E-state index in [0.29, 0.717) is 6.42 Å². The predicted molar refractivity (Wildman–Crippen MR) is 55.9 cm³/mol. The highest BCUT2D eigenvalue weighted by Crippen LogP contribution is 2.09. The number of carbonyl (C=O) groups is 1. The second kappa shape index (κ2) is 5.29. The van der Waals surface area contributed by atoms with Crippen LogP contribution < -0.4 is 0 Å². The first-order chi connectivity index (χ1) is 7.11. The molecule has 0 amide bonds. The molecule has 2 nitrogen and oxygen atoms in total. The molecule has 15 heavy (non-hydrogen) atoms. The van der Waals surface area contributed by atoms with E-state index in [-0.39, 0.29) is 11.8 Å². The van der Waals surface area contributed by atoms with Gasteiger partial charge in [-0.15, -0.1) is 0 Å². The van der Waals surface area contributed by atoms with Crippen molar-refractivity contribution in [2.45, 2.75) is 13.3 Å². The third-order valence-electron chi connectivity index (χ3n) is 1.94. The van der Waals surface area contributed by atoms with E-state index in [1.807, 2.05) is 13.0 Å². The third-order valence-corrected chi connectivity index (χ3v) is 1.94. The molecule has 0 saturated heterocycles. The first kappa shape index (κ1) is 11.4. The molecule has 0 aromatic heterocycles. The lowest BCUT2D eigenvalue weighted by Gasteiger charge is -2.01. The Morgan fingerprint density at radius 2 is 2.27 bits per heavy atom. The van der Waals surface area contributed by atoms with Crippen LogP contribution in [-0.4, -0.2) is 13.1 Å². The van der Waals surface area contributed by atoms with Crippen molar-refractivity contribution in [1.82, 2.24) is 0 Å². The van der Waals surface area contributed by atoms with E-state index in [2.05, 4.69) is 4.74 Å². The summed E-state index contributed by atoms with van der Waals surface area (Å²) in [7, 11) is 1.33. The SMILES string of the molecule is COC(=O)/C=C(/C)Cc1cccc(F)c1. The van der Waals surface area contributed by atoms with E-state index in [1.54, 1.807) is 6.07 Å². The summed E-state index contributed by atoms with van der Waals surface area (Å²) in [6.45, 7) is 1.81. The fourth-order valence-corrected chi connectivity index (χ4v) is 1.28. The number of hydrogen-bond donors (Lipinski definition) is 0. The molecule has 0 unspecified atom stereocenters. The molecule has 0 aliphatic rings. The molecule has 0 heterocycles. The second-order valence-corrected chi connectivity index (χ2v) is 3.32. The van der Waals surface area contributed by atoms with Crippen molar-refractivity contribution < 1.29 is 13.9 Å². The van der Waals surface area contributed by atoms with Gasteiger partial charge in [-0.05, 0) is 31.0 Å². The number of benzene rings is 1. The lowest BCUT2D eigenvalue weighted by molar-refractivity contribution is -0.134. The highest BCUT2D eigenvalue weighted by Gasteiger charge is 1.99. The molecule has 0 radical (unpaired) electrons. The molecule has 0 aliphatic carbocycles. The summed E-state index contributed by atoms with van der Waals surface area (Å²) in [5, 5.41) is 0. The summed E-state index contributed by atoms with van der Waals surface area (Å²) in [6, 6.07) is 6.31. The number of hydrogen-bond acceptors (Lipinski definition) is 2. The van der Waals surface area contributed by atoms with E-state index in [1.165, 1.54) is 25.3 Å². The Balaban J connectivity index is 2.70. The van der Waals surface area contributed by atoms with Gasteiger partial charge < -0.3 is 4.74 Å². The molecule has 1 rings (SSSR count). The first-order valence-electron chi connectivity index (χ1n) is 4.61. The van der Waals surface area contributed by atoms with Crippen LogP contribution in [0.3, 0.4) is 0 Å². The molecule has 1 aromatic carbocycles. The fraction of sp³-hybridized carbons (Fsp3) is 0.250. The smallest absolute Gasteiger partial charge is 0.330 e. The summed E-state index contributed by atoms with van der Waals surface area (Å²) in [6.07, 6.45) is 1.96. The molecular formula is C12H13FO2. The molecule has 0 saturated carbocycles. The Labute approximate surface area is 88.4 Å². The monoisotopic (exact) mass is 208 g/mol. The molecule has 0 atom stereocenters. The number of ether oxygens (including phenoxy) is 1. The second-order valence-electron chi connectivity index (χ2n) is 3.32. The van der Waals surface area contributed by atoms with Gasteiger partial charge in [0, 0.05) is 6.08 Å². The Bertz CT molecular complexity index is 383. The molecule has 0 bridgehead atoms. The number of esters is 1. The van der Waals surface area contributed by atoms with Gasteiger partial charge in [-0.25, -0.2) is 9.18 Å². The van der Waals surface area contributed by atoms with E-state index >= 15 is 0 Å². The molecule has 0 fully saturated rings. The maximum atomic E-state index is 12.8. The van der Waals surface area contributed by atoms with Crippen LogP contribution in [0.5, 0.6) is 0 Å². The van der Waals surface area contributed by atoms with E-state index in [0.717, 1.165) is 11.1 Å². The zero-order chi connectivity index (χ0) is 11.3. The maximum absolute atomic E-state index is 12.8. The van der Waals surface area contributed by atoms with Crippen LogP contribution in [-0.2, 0) is 16.0 Å². The summed E-state index contributed by atoms with van der Waals surface area (Å²) in [4.78, 5) is 10.9. The van der Waals surface area contributed by atoms with Gasteiger partial charge in [-0.3, -0.25) is 0 Å². The van der Waals surface area contributed by atoms with Gasteiger partial charge >= 0.3 is 5.97 Å². The Kier molecular flexibility index (Phi) is 4.03. The fourth-order valence-electron chi connectivity index (χ4n) is 1.28. The van der Waals surface area contributed by atoms with Crippen LogP contribution in [0.15, 0.2) is 35.9 Å². The Hall–Kier alpha value is -1.64. The van der Waals surface area contributed by atoms with Gasteiger partial charge in [0.15, 0.2) is 0 Å². The van der Waals surface area contributed by atoms with Crippen molar-refractivity contribution in [2.75, 3.05) is 7.11 Å². The van der Waals surface area contributed by atoms with Crippen molar-refractivity contribution in [1.29, 1.82) is 0 Å². The highest BCUT2D eigenvalue weighted by molar-refractivity contribution is 5.82. The van der Waals surface area contributed by atoms with Crippen LogP contribution >= 0.6 is 0 Å². The van der Waals surface area contributed by atoms with E-state index in [4.69, 9.17) is 0 Å². The molecule has 0 spiro atoms. The Morgan fingerprint density at radius 3 is 2.87 bits per heavy atom. The molecule has 80 valence electrons. The minimum absolute atomic E-state index is 0.265. The number of methoxy groups -OCH3 is 1. The number of halogens is 1. The Morgan fingerprint density at radius 1 is 1.53 bits per heavy atom. The zero-order valence-electron chi connectivity index (χ0n) is 8.79. The average Bonchev–Trinajstić information content (AvgIpc) is 2.17. The van der Waals surface area contributed by atoms with Crippen molar-refractivity contribution in [2.24, 2.45) is 0 Å².